The summed E-state index contributed by atoms with van der Waals surface area (Å²) in [7, 11) is 0. The molecule has 178 valence electrons. The fourth-order valence-electron chi connectivity index (χ4n) is 8.99. The summed E-state index contributed by atoms with van der Waals surface area (Å²) in [6.07, 6.45) is 9.20. The van der Waals surface area contributed by atoms with E-state index in [1.807, 2.05) is 0 Å². The highest BCUT2D eigenvalue weighted by Gasteiger charge is 2.69. The van der Waals surface area contributed by atoms with Crippen LogP contribution < -0.4 is 0 Å². The van der Waals surface area contributed by atoms with Crippen molar-refractivity contribution in [2.24, 2.45) is 46.3 Å². The van der Waals surface area contributed by atoms with E-state index in [0.29, 0.717) is 42.9 Å². The van der Waals surface area contributed by atoms with Crippen LogP contribution in [0.5, 0.6) is 0 Å². The minimum Gasteiger partial charge on any atom is -0.393 e. The van der Waals surface area contributed by atoms with Crippen LogP contribution in [0.15, 0.2) is 12.2 Å². The molecule has 4 heteroatoms. The molecule has 0 radical (unpaired) electrons. The Labute approximate surface area is 189 Å². The van der Waals surface area contributed by atoms with E-state index in [2.05, 4.69) is 46.8 Å². The van der Waals surface area contributed by atoms with Crippen LogP contribution in [0.4, 0.5) is 0 Å². The van der Waals surface area contributed by atoms with E-state index < -0.39 is 29.3 Å². The molecule has 4 nitrogen and oxygen atoms in total. The molecule has 0 aliphatic heterocycles. The maximum absolute atomic E-state index is 11.6. The van der Waals surface area contributed by atoms with Crippen molar-refractivity contribution in [2.45, 2.75) is 110 Å². The third-order valence-corrected chi connectivity index (χ3v) is 10.5. The third kappa shape index (κ3) is 3.55. The molecule has 11 unspecified atom stereocenters. The van der Waals surface area contributed by atoms with Gasteiger partial charge in [0.05, 0.1) is 23.9 Å². The molecule has 11 atom stereocenters. The van der Waals surface area contributed by atoms with Gasteiger partial charge in [-0.05, 0) is 85.9 Å². The van der Waals surface area contributed by atoms with Crippen molar-refractivity contribution in [3.8, 4) is 0 Å². The van der Waals surface area contributed by atoms with Gasteiger partial charge in [-0.2, -0.15) is 0 Å². The molecule has 4 aliphatic rings. The average molecular weight is 435 g/mol. The maximum Gasteiger partial charge on any atom is 0.0986 e. The smallest absolute Gasteiger partial charge is 0.0986 e. The van der Waals surface area contributed by atoms with Crippen molar-refractivity contribution < 1.29 is 20.4 Å². The summed E-state index contributed by atoms with van der Waals surface area (Å²) in [6.45, 7) is 11.3. The number of rotatable bonds is 4. The van der Waals surface area contributed by atoms with Crippen molar-refractivity contribution in [1.82, 2.24) is 0 Å². The van der Waals surface area contributed by atoms with Crippen LogP contribution in [0.3, 0.4) is 0 Å². The minimum absolute atomic E-state index is 0.00276. The van der Waals surface area contributed by atoms with Crippen molar-refractivity contribution >= 4 is 0 Å². The Hall–Kier alpha value is -0.420. The molecule has 4 rings (SSSR count). The summed E-state index contributed by atoms with van der Waals surface area (Å²) in [6, 6.07) is 0. The first-order chi connectivity index (χ1) is 14.4. The molecule has 0 amide bonds. The highest BCUT2D eigenvalue weighted by atomic mass is 16.3. The molecule has 0 aromatic carbocycles. The highest BCUT2D eigenvalue weighted by molar-refractivity contribution is 5.19. The summed E-state index contributed by atoms with van der Waals surface area (Å²) in [5.74, 6) is 2.43. The molecule has 31 heavy (non-hydrogen) atoms. The first kappa shape index (κ1) is 23.7. The number of aliphatic hydroxyl groups excluding tert-OH is 3. The van der Waals surface area contributed by atoms with Gasteiger partial charge >= 0.3 is 0 Å². The second kappa shape index (κ2) is 8.11. The summed E-state index contributed by atoms with van der Waals surface area (Å²) in [4.78, 5) is 0. The van der Waals surface area contributed by atoms with E-state index in [1.54, 1.807) is 0 Å². The van der Waals surface area contributed by atoms with Crippen LogP contribution in [0.1, 0.15) is 86.0 Å². The van der Waals surface area contributed by atoms with E-state index in [1.165, 1.54) is 6.42 Å². The lowest BCUT2D eigenvalue weighted by Gasteiger charge is -2.66. The zero-order valence-electron chi connectivity index (χ0n) is 20.3. The molecule has 4 N–H and O–H groups in total. The monoisotopic (exact) mass is 434 g/mol. The molecule has 4 aliphatic carbocycles. The number of hydrogen-bond donors (Lipinski definition) is 4. The fourth-order valence-corrected chi connectivity index (χ4v) is 8.99. The van der Waals surface area contributed by atoms with Gasteiger partial charge in [0, 0.05) is 11.8 Å². The summed E-state index contributed by atoms with van der Waals surface area (Å²) in [5, 5.41) is 44.6. The predicted octanol–water partition coefficient (Wildman–Crippen LogP) is 4.30. The first-order valence-electron chi connectivity index (χ1n) is 12.9. The van der Waals surface area contributed by atoms with E-state index in [9.17, 15) is 20.4 Å². The van der Waals surface area contributed by atoms with Crippen LogP contribution in [-0.4, -0.2) is 44.3 Å². The Bertz CT molecular complexity index is 691. The second-order valence-electron chi connectivity index (χ2n) is 12.7. The zero-order chi connectivity index (χ0) is 22.8. The zero-order valence-corrected chi connectivity index (χ0v) is 20.3. The van der Waals surface area contributed by atoms with Crippen molar-refractivity contribution in [3.63, 3.8) is 0 Å². The lowest BCUT2D eigenvalue weighted by atomic mass is 9.41. The van der Waals surface area contributed by atoms with Crippen LogP contribution >= 0.6 is 0 Å². The molecular formula is C27H46O4. The molecule has 0 saturated heterocycles. The Kier molecular flexibility index (Phi) is 6.21. The van der Waals surface area contributed by atoms with Gasteiger partial charge in [0.1, 0.15) is 0 Å². The van der Waals surface area contributed by atoms with Gasteiger partial charge < -0.3 is 20.4 Å². The van der Waals surface area contributed by atoms with E-state index in [-0.39, 0.29) is 23.7 Å². The minimum atomic E-state index is -1.30. The lowest BCUT2D eigenvalue weighted by Crippen LogP contribution is -2.71. The highest BCUT2D eigenvalue weighted by Crippen LogP contribution is 2.69. The predicted molar refractivity (Wildman–Crippen MR) is 123 cm³/mol. The van der Waals surface area contributed by atoms with Crippen molar-refractivity contribution in [1.29, 1.82) is 0 Å². The second-order valence-corrected chi connectivity index (χ2v) is 12.7. The van der Waals surface area contributed by atoms with Crippen molar-refractivity contribution in [3.05, 3.63) is 12.2 Å². The quantitative estimate of drug-likeness (QED) is 0.497. The van der Waals surface area contributed by atoms with E-state index in [0.717, 1.165) is 19.3 Å². The van der Waals surface area contributed by atoms with Gasteiger partial charge in [-0.3, -0.25) is 0 Å². The Morgan fingerprint density at radius 1 is 1.00 bits per heavy atom. The standard InChI is InChI=1S/C27H46O4/c1-16(2)7-6-8-17(3)20-9-10-21-19-13-23(30)27(31)14-18(28)11-12-26(27,5)24(19)22(29)15-25(20,21)4/h6,8,16-24,28-31H,7,9-15H2,1-5H3. The van der Waals surface area contributed by atoms with E-state index >= 15 is 0 Å². The van der Waals surface area contributed by atoms with Gasteiger partial charge in [-0.1, -0.05) is 46.8 Å². The summed E-state index contributed by atoms with van der Waals surface area (Å²) in [5.41, 5.74) is -1.77. The lowest BCUT2D eigenvalue weighted by molar-refractivity contribution is -0.282. The average Bonchev–Trinajstić information content (AvgIpc) is 3.00. The molecule has 0 spiro atoms. The Balaban J connectivity index is 1.62. The van der Waals surface area contributed by atoms with Gasteiger partial charge in [0.25, 0.3) is 0 Å². The van der Waals surface area contributed by atoms with Gasteiger partial charge in [0.2, 0.25) is 0 Å². The fraction of sp³-hybridized carbons (Fsp3) is 0.926. The van der Waals surface area contributed by atoms with Crippen LogP contribution in [0.2, 0.25) is 0 Å². The molecule has 0 aromatic rings. The maximum atomic E-state index is 11.6. The van der Waals surface area contributed by atoms with Crippen LogP contribution in [-0.2, 0) is 0 Å². The largest absolute Gasteiger partial charge is 0.393 e. The van der Waals surface area contributed by atoms with E-state index in [4.69, 9.17) is 0 Å². The van der Waals surface area contributed by atoms with Crippen LogP contribution in [0, 0.1) is 46.3 Å². The summed E-state index contributed by atoms with van der Waals surface area (Å²) < 4.78 is 0. The van der Waals surface area contributed by atoms with Crippen LogP contribution in [0.25, 0.3) is 0 Å². The molecular weight excluding hydrogens is 388 g/mol. The molecule has 4 saturated carbocycles. The molecule has 0 heterocycles. The number of allylic oxidation sites excluding steroid dienone is 2. The molecule has 4 fully saturated rings. The Morgan fingerprint density at radius 3 is 2.39 bits per heavy atom. The van der Waals surface area contributed by atoms with Crippen molar-refractivity contribution in [2.75, 3.05) is 0 Å². The van der Waals surface area contributed by atoms with Gasteiger partial charge in [-0.15, -0.1) is 0 Å². The molecule has 0 aromatic heterocycles. The number of aliphatic hydroxyl groups is 4. The number of hydrogen-bond acceptors (Lipinski definition) is 4. The molecule has 0 bridgehead atoms. The normalized spacial score (nSPS) is 53.3. The first-order valence-corrected chi connectivity index (χ1v) is 12.9. The Morgan fingerprint density at radius 2 is 1.71 bits per heavy atom. The van der Waals surface area contributed by atoms with Gasteiger partial charge in [-0.25, -0.2) is 0 Å². The third-order valence-electron chi connectivity index (χ3n) is 10.5. The summed E-state index contributed by atoms with van der Waals surface area (Å²) >= 11 is 0. The topological polar surface area (TPSA) is 80.9 Å². The SMILES string of the molecule is CC(C)CC=CC(C)C1CCC2C3CC(O)C4(O)CC(O)CCC4(C)C3C(O)CC12C. The number of fused-ring (bicyclic) bond motifs is 5. The van der Waals surface area contributed by atoms with Gasteiger partial charge in [0.15, 0.2) is 0 Å².